The summed E-state index contributed by atoms with van der Waals surface area (Å²) in [7, 11) is 0. The molecule has 0 atom stereocenters. The molecular formula is C11H13ClO3. The summed E-state index contributed by atoms with van der Waals surface area (Å²) in [4.78, 5) is 11.5. The number of para-hydroxylation sites is 1. The van der Waals surface area contributed by atoms with Crippen molar-refractivity contribution in [3.63, 3.8) is 0 Å². The van der Waals surface area contributed by atoms with Gasteiger partial charge in [0, 0.05) is 0 Å². The summed E-state index contributed by atoms with van der Waals surface area (Å²) in [6, 6.07) is 6.95. The molecular weight excluding hydrogens is 216 g/mol. The lowest BCUT2D eigenvalue weighted by Gasteiger charge is -2.09. The quantitative estimate of drug-likeness (QED) is 0.574. The van der Waals surface area contributed by atoms with Gasteiger partial charge in [0.1, 0.15) is 17.9 Å². The van der Waals surface area contributed by atoms with Gasteiger partial charge in [0.2, 0.25) is 0 Å². The molecule has 0 spiro atoms. The zero-order valence-electron chi connectivity index (χ0n) is 8.53. The number of rotatable bonds is 5. The monoisotopic (exact) mass is 228 g/mol. The van der Waals surface area contributed by atoms with Crippen LogP contribution in [0.25, 0.3) is 0 Å². The third kappa shape index (κ3) is 3.44. The highest BCUT2D eigenvalue weighted by Crippen LogP contribution is 2.18. The Labute approximate surface area is 93.9 Å². The van der Waals surface area contributed by atoms with E-state index in [1.807, 2.05) is 0 Å². The average Bonchev–Trinajstić information content (AvgIpc) is 2.27. The zero-order valence-corrected chi connectivity index (χ0v) is 9.29. The molecule has 0 saturated heterocycles. The van der Waals surface area contributed by atoms with Crippen LogP contribution in [0, 0.1) is 0 Å². The first-order valence-electron chi connectivity index (χ1n) is 4.74. The molecule has 0 aliphatic rings. The first-order valence-corrected chi connectivity index (χ1v) is 5.28. The van der Waals surface area contributed by atoms with Crippen LogP contribution in [0.3, 0.4) is 0 Å². The Morgan fingerprint density at radius 1 is 1.40 bits per heavy atom. The summed E-state index contributed by atoms with van der Waals surface area (Å²) in [5.41, 5.74) is 0.435. The third-order valence-corrected chi connectivity index (χ3v) is 1.87. The number of carbonyl (C=O) groups is 1. The van der Waals surface area contributed by atoms with E-state index in [0.717, 1.165) is 0 Å². The van der Waals surface area contributed by atoms with Crippen molar-refractivity contribution >= 4 is 17.6 Å². The summed E-state index contributed by atoms with van der Waals surface area (Å²) in [5, 5.41) is 0. The highest BCUT2D eigenvalue weighted by atomic mass is 35.5. The van der Waals surface area contributed by atoms with Crippen LogP contribution in [0.1, 0.15) is 17.3 Å². The number of carbonyl (C=O) groups excluding carboxylic acids is 1. The third-order valence-electron chi connectivity index (χ3n) is 1.72. The number of hydrogen-bond acceptors (Lipinski definition) is 3. The number of benzene rings is 1. The van der Waals surface area contributed by atoms with Gasteiger partial charge in [-0.1, -0.05) is 12.1 Å². The molecule has 0 saturated carbocycles. The van der Waals surface area contributed by atoms with Crippen LogP contribution in [-0.2, 0) is 4.74 Å². The van der Waals surface area contributed by atoms with E-state index >= 15 is 0 Å². The fourth-order valence-corrected chi connectivity index (χ4v) is 1.20. The second kappa shape index (κ2) is 6.30. The SMILES string of the molecule is CCOC(=O)c1ccccc1OCCCl. The van der Waals surface area contributed by atoms with Gasteiger partial charge < -0.3 is 9.47 Å². The molecule has 0 fully saturated rings. The van der Waals surface area contributed by atoms with Crippen LogP contribution in [0.15, 0.2) is 24.3 Å². The molecule has 3 nitrogen and oxygen atoms in total. The average molecular weight is 229 g/mol. The summed E-state index contributed by atoms with van der Waals surface area (Å²) in [6.07, 6.45) is 0. The van der Waals surface area contributed by atoms with Crippen LogP contribution < -0.4 is 4.74 Å². The van der Waals surface area contributed by atoms with Gasteiger partial charge in [0.05, 0.1) is 12.5 Å². The first-order chi connectivity index (χ1) is 7.29. The zero-order chi connectivity index (χ0) is 11.1. The number of hydrogen-bond donors (Lipinski definition) is 0. The van der Waals surface area contributed by atoms with Crippen LogP contribution in [0.5, 0.6) is 5.75 Å². The highest BCUT2D eigenvalue weighted by Gasteiger charge is 2.12. The fourth-order valence-electron chi connectivity index (χ4n) is 1.12. The van der Waals surface area contributed by atoms with Crippen LogP contribution in [0.2, 0.25) is 0 Å². The lowest BCUT2D eigenvalue weighted by atomic mass is 10.2. The molecule has 0 aliphatic heterocycles. The highest BCUT2D eigenvalue weighted by molar-refractivity contribution is 6.18. The van der Waals surface area contributed by atoms with Crippen molar-refractivity contribution in [2.75, 3.05) is 19.1 Å². The normalized spacial score (nSPS) is 9.73. The molecule has 4 heteroatoms. The summed E-state index contributed by atoms with van der Waals surface area (Å²) >= 11 is 5.50. The molecule has 0 aliphatic carbocycles. The Bertz CT molecular complexity index is 325. The molecule has 0 heterocycles. The first kappa shape index (κ1) is 11.9. The Balaban J connectivity index is 2.80. The predicted molar refractivity (Wildman–Crippen MR) is 58.6 cm³/mol. The number of esters is 1. The summed E-state index contributed by atoms with van der Waals surface area (Å²) < 4.78 is 10.2. The molecule has 15 heavy (non-hydrogen) atoms. The number of halogens is 1. The molecule has 0 amide bonds. The lowest BCUT2D eigenvalue weighted by molar-refractivity contribution is 0.0522. The standard InChI is InChI=1S/C11H13ClO3/c1-2-14-11(13)9-5-3-4-6-10(9)15-8-7-12/h3-6H,2,7-8H2,1H3. The van der Waals surface area contributed by atoms with E-state index in [1.54, 1.807) is 31.2 Å². The van der Waals surface area contributed by atoms with Crippen LogP contribution in [0.4, 0.5) is 0 Å². The minimum atomic E-state index is -0.373. The van der Waals surface area contributed by atoms with E-state index in [2.05, 4.69) is 0 Å². The Morgan fingerprint density at radius 2 is 2.13 bits per heavy atom. The van der Waals surface area contributed by atoms with E-state index in [0.29, 0.717) is 30.4 Å². The molecule has 0 bridgehead atoms. The molecule has 0 aromatic heterocycles. The van der Waals surface area contributed by atoms with Crippen molar-refractivity contribution in [3.05, 3.63) is 29.8 Å². The van der Waals surface area contributed by atoms with Gasteiger partial charge in [-0.3, -0.25) is 0 Å². The van der Waals surface area contributed by atoms with Crippen molar-refractivity contribution in [1.29, 1.82) is 0 Å². The van der Waals surface area contributed by atoms with Crippen molar-refractivity contribution < 1.29 is 14.3 Å². The van der Waals surface area contributed by atoms with Crippen molar-refractivity contribution in [2.24, 2.45) is 0 Å². The van der Waals surface area contributed by atoms with Gasteiger partial charge >= 0.3 is 5.97 Å². The van der Waals surface area contributed by atoms with Gasteiger partial charge in [0.15, 0.2) is 0 Å². The number of alkyl halides is 1. The van der Waals surface area contributed by atoms with Crippen molar-refractivity contribution in [3.8, 4) is 5.75 Å². The van der Waals surface area contributed by atoms with Crippen LogP contribution >= 0.6 is 11.6 Å². The maximum atomic E-state index is 11.5. The smallest absolute Gasteiger partial charge is 0.341 e. The molecule has 0 unspecified atom stereocenters. The van der Waals surface area contributed by atoms with Crippen LogP contribution in [-0.4, -0.2) is 25.1 Å². The van der Waals surface area contributed by atoms with Crippen molar-refractivity contribution in [2.45, 2.75) is 6.92 Å². The lowest BCUT2D eigenvalue weighted by Crippen LogP contribution is -2.08. The molecule has 1 aromatic rings. The van der Waals surface area contributed by atoms with E-state index in [4.69, 9.17) is 21.1 Å². The second-order valence-corrected chi connectivity index (χ2v) is 3.13. The van der Waals surface area contributed by atoms with Gasteiger partial charge in [-0.2, -0.15) is 0 Å². The molecule has 0 N–H and O–H groups in total. The summed E-state index contributed by atoms with van der Waals surface area (Å²) in [5.74, 6) is 0.524. The molecule has 1 aromatic carbocycles. The van der Waals surface area contributed by atoms with E-state index in [9.17, 15) is 4.79 Å². The van der Waals surface area contributed by atoms with Crippen molar-refractivity contribution in [1.82, 2.24) is 0 Å². The predicted octanol–water partition coefficient (Wildman–Crippen LogP) is 2.48. The van der Waals surface area contributed by atoms with Gasteiger partial charge in [-0.05, 0) is 19.1 Å². The summed E-state index contributed by atoms with van der Waals surface area (Å²) in [6.45, 7) is 2.49. The van der Waals surface area contributed by atoms with Gasteiger partial charge in [-0.15, -0.1) is 11.6 Å². The maximum absolute atomic E-state index is 11.5. The van der Waals surface area contributed by atoms with E-state index in [-0.39, 0.29) is 5.97 Å². The minimum absolute atomic E-state index is 0.350. The second-order valence-electron chi connectivity index (χ2n) is 2.75. The maximum Gasteiger partial charge on any atom is 0.341 e. The molecule has 82 valence electrons. The Kier molecular flexibility index (Phi) is 4.98. The van der Waals surface area contributed by atoms with Gasteiger partial charge in [0.25, 0.3) is 0 Å². The Hall–Kier alpha value is -1.22. The Morgan fingerprint density at radius 3 is 2.80 bits per heavy atom. The van der Waals surface area contributed by atoms with Gasteiger partial charge in [-0.25, -0.2) is 4.79 Å². The van der Waals surface area contributed by atoms with E-state index < -0.39 is 0 Å². The number of ether oxygens (including phenoxy) is 2. The molecule has 1 rings (SSSR count). The topological polar surface area (TPSA) is 35.5 Å². The largest absolute Gasteiger partial charge is 0.491 e. The molecule has 0 radical (unpaired) electrons. The minimum Gasteiger partial charge on any atom is -0.491 e. The van der Waals surface area contributed by atoms with E-state index in [1.165, 1.54) is 0 Å². The fraction of sp³-hybridized carbons (Fsp3) is 0.364.